The van der Waals surface area contributed by atoms with E-state index in [2.05, 4.69) is 10.0 Å². The number of carbonyl (C=O) groups excluding carboxylic acids is 2. The van der Waals surface area contributed by atoms with E-state index in [1.807, 2.05) is 0 Å². The summed E-state index contributed by atoms with van der Waals surface area (Å²) in [7, 11) is -3.79. The van der Waals surface area contributed by atoms with Crippen molar-refractivity contribution in [1.29, 1.82) is 0 Å². The van der Waals surface area contributed by atoms with Crippen molar-refractivity contribution in [2.75, 3.05) is 36.3 Å². The van der Waals surface area contributed by atoms with E-state index in [9.17, 15) is 18.0 Å². The number of morpholine rings is 1. The molecule has 0 unspecified atom stereocenters. The van der Waals surface area contributed by atoms with Gasteiger partial charge in [-0.3, -0.25) is 14.3 Å². The molecule has 2 N–H and O–H groups in total. The summed E-state index contributed by atoms with van der Waals surface area (Å²) in [6, 6.07) is 20.9. The molecule has 0 bridgehead atoms. The molecule has 1 aliphatic rings. The van der Waals surface area contributed by atoms with Gasteiger partial charge < -0.3 is 15.0 Å². The number of benzene rings is 3. The molecular weight excluding hydrogens is 442 g/mol. The zero-order valence-corrected chi connectivity index (χ0v) is 18.5. The second-order valence-electron chi connectivity index (χ2n) is 7.40. The van der Waals surface area contributed by atoms with Gasteiger partial charge in [-0.15, -0.1) is 0 Å². The minimum Gasteiger partial charge on any atom is -0.378 e. The Labute approximate surface area is 192 Å². The van der Waals surface area contributed by atoms with E-state index in [1.165, 1.54) is 18.2 Å². The van der Waals surface area contributed by atoms with Crippen LogP contribution in [0.5, 0.6) is 0 Å². The SMILES string of the molecule is O=C(Nc1ccccc1C(=O)N1CCOCC1)c1cccc(NS(=O)(=O)c2ccccc2)c1. The van der Waals surface area contributed by atoms with Gasteiger partial charge in [-0.1, -0.05) is 36.4 Å². The average Bonchev–Trinajstić information content (AvgIpc) is 2.85. The number of hydrogen-bond acceptors (Lipinski definition) is 5. The number of amides is 2. The maximum atomic E-state index is 12.9. The number of carbonyl (C=O) groups is 2. The maximum absolute atomic E-state index is 12.9. The second kappa shape index (κ2) is 9.85. The number of nitrogens with zero attached hydrogens (tertiary/aromatic N) is 1. The molecule has 0 radical (unpaired) electrons. The van der Waals surface area contributed by atoms with Gasteiger partial charge in [-0.25, -0.2) is 8.42 Å². The van der Waals surface area contributed by atoms with E-state index in [1.54, 1.807) is 65.6 Å². The average molecular weight is 466 g/mol. The lowest BCUT2D eigenvalue weighted by Crippen LogP contribution is -2.41. The molecular formula is C24H23N3O5S. The molecule has 9 heteroatoms. The number of sulfonamides is 1. The van der Waals surface area contributed by atoms with Gasteiger partial charge in [-0.05, 0) is 42.5 Å². The minimum absolute atomic E-state index is 0.121. The largest absolute Gasteiger partial charge is 0.378 e. The van der Waals surface area contributed by atoms with Crippen LogP contribution in [0.2, 0.25) is 0 Å². The number of para-hydroxylation sites is 1. The molecule has 3 aromatic carbocycles. The summed E-state index contributed by atoms with van der Waals surface area (Å²) in [6.45, 7) is 1.94. The van der Waals surface area contributed by atoms with Crippen molar-refractivity contribution in [2.24, 2.45) is 0 Å². The van der Waals surface area contributed by atoms with Crippen molar-refractivity contribution >= 4 is 33.2 Å². The van der Waals surface area contributed by atoms with E-state index in [0.29, 0.717) is 37.6 Å². The molecule has 0 saturated carbocycles. The van der Waals surface area contributed by atoms with Crippen molar-refractivity contribution in [1.82, 2.24) is 4.90 Å². The summed E-state index contributed by atoms with van der Waals surface area (Å²) in [5.74, 6) is -0.642. The Morgan fingerprint density at radius 3 is 2.30 bits per heavy atom. The first-order valence-corrected chi connectivity index (χ1v) is 11.9. The van der Waals surface area contributed by atoms with Crippen LogP contribution >= 0.6 is 0 Å². The molecule has 3 aromatic rings. The third-order valence-corrected chi connectivity index (χ3v) is 6.53. The van der Waals surface area contributed by atoms with Crippen LogP contribution in [0.4, 0.5) is 11.4 Å². The Kier molecular flexibility index (Phi) is 6.71. The van der Waals surface area contributed by atoms with E-state index in [0.717, 1.165) is 0 Å². The Bertz CT molecular complexity index is 1260. The molecule has 8 nitrogen and oxygen atoms in total. The monoisotopic (exact) mass is 465 g/mol. The van der Waals surface area contributed by atoms with Crippen molar-refractivity contribution in [2.45, 2.75) is 4.90 Å². The van der Waals surface area contributed by atoms with Gasteiger partial charge in [0.15, 0.2) is 0 Å². The van der Waals surface area contributed by atoms with Crippen molar-refractivity contribution in [3.63, 3.8) is 0 Å². The van der Waals surface area contributed by atoms with Crippen molar-refractivity contribution in [3.8, 4) is 0 Å². The molecule has 1 aliphatic heterocycles. The molecule has 0 spiro atoms. The molecule has 0 atom stereocenters. The van der Waals surface area contributed by atoms with Gasteiger partial charge in [0.05, 0.1) is 29.4 Å². The molecule has 4 rings (SSSR count). The first-order valence-electron chi connectivity index (χ1n) is 10.4. The van der Waals surface area contributed by atoms with Gasteiger partial charge in [0, 0.05) is 24.3 Å². The van der Waals surface area contributed by atoms with Crippen LogP contribution in [-0.4, -0.2) is 51.4 Å². The first kappa shape index (κ1) is 22.5. The fourth-order valence-corrected chi connectivity index (χ4v) is 4.52. The second-order valence-corrected chi connectivity index (χ2v) is 9.09. The summed E-state index contributed by atoms with van der Waals surface area (Å²) < 4.78 is 32.9. The normalized spacial score (nSPS) is 13.9. The number of rotatable bonds is 6. The Morgan fingerprint density at radius 1 is 0.848 bits per heavy atom. The zero-order valence-electron chi connectivity index (χ0n) is 17.7. The maximum Gasteiger partial charge on any atom is 0.261 e. The van der Waals surface area contributed by atoms with Crippen LogP contribution in [-0.2, 0) is 14.8 Å². The van der Waals surface area contributed by atoms with E-state index >= 15 is 0 Å². The number of ether oxygens (including phenoxy) is 1. The molecule has 33 heavy (non-hydrogen) atoms. The van der Waals surface area contributed by atoms with Gasteiger partial charge in [0.1, 0.15) is 0 Å². The highest BCUT2D eigenvalue weighted by molar-refractivity contribution is 7.92. The first-order chi connectivity index (χ1) is 15.9. The van der Waals surface area contributed by atoms with E-state index < -0.39 is 15.9 Å². The van der Waals surface area contributed by atoms with E-state index in [4.69, 9.17) is 4.74 Å². The molecule has 1 heterocycles. The minimum atomic E-state index is -3.79. The smallest absolute Gasteiger partial charge is 0.261 e. The number of anilines is 2. The highest BCUT2D eigenvalue weighted by Crippen LogP contribution is 2.21. The predicted molar refractivity (Wildman–Crippen MR) is 125 cm³/mol. The van der Waals surface area contributed by atoms with Gasteiger partial charge in [0.2, 0.25) is 0 Å². The third-order valence-electron chi connectivity index (χ3n) is 5.13. The van der Waals surface area contributed by atoms with E-state index in [-0.39, 0.29) is 22.1 Å². The predicted octanol–water partition coefficient (Wildman–Crippen LogP) is 3.21. The van der Waals surface area contributed by atoms with Gasteiger partial charge >= 0.3 is 0 Å². The summed E-state index contributed by atoms with van der Waals surface area (Å²) in [4.78, 5) is 27.7. The standard InChI is InChI=1S/C24H23N3O5S/c28-23(25-22-12-5-4-11-21(22)24(29)27-13-15-32-16-14-27)18-7-6-8-19(17-18)26-33(30,31)20-9-2-1-3-10-20/h1-12,17,26H,13-16H2,(H,25,28). The highest BCUT2D eigenvalue weighted by Gasteiger charge is 2.22. The topological polar surface area (TPSA) is 105 Å². The lowest BCUT2D eigenvalue weighted by atomic mass is 10.1. The van der Waals surface area contributed by atoms with Crippen LogP contribution in [0.15, 0.2) is 83.8 Å². The zero-order chi connectivity index (χ0) is 23.3. The summed E-state index contributed by atoms with van der Waals surface area (Å²) in [5.41, 5.74) is 1.27. The van der Waals surface area contributed by atoms with Crippen molar-refractivity contribution in [3.05, 3.63) is 90.0 Å². The van der Waals surface area contributed by atoms with Crippen LogP contribution in [0.25, 0.3) is 0 Å². The van der Waals surface area contributed by atoms with Crippen molar-refractivity contribution < 1.29 is 22.7 Å². The Hall–Kier alpha value is -3.69. The summed E-state index contributed by atoms with van der Waals surface area (Å²) in [6.07, 6.45) is 0. The molecule has 0 aliphatic carbocycles. The number of hydrogen-bond donors (Lipinski definition) is 2. The molecule has 0 aromatic heterocycles. The highest BCUT2D eigenvalue weighted by atomic mass is 32.2. The van der Waals surface area contributed by atoms with Gasteiger partial charge in [0.25, 0.3) is 21.8 Å². The van der Waals surface area contributed by atoms with Crippen LogP contribution in [0.3, 0.4) is 0 Å². The Morgan fingerprint density at radius 2 is 1.55 bits per heavy atom. The molecule has 1 saturated heterocycles. The Balaban J connectivity index is 1.52. The summed E-state index contributed by atoms with van der Waals surface area (Å²) in [5, 5.41) is 2.77. The molecule has 2 amide bonds. The third kappa shape index (κ3) is 5.39. The van der Waals surface area contributed by atoms with Gasteiger partial charge in [-0.2, -0.15) is 0 Å². The molecule has 170 valence electrons. The summed E-state index contributed by atoms with van der Waals surface area (Å²) >= 11 is 0. The molecule has 1 fully saturated rings. The fraction of sp³-hybridized carbons (Fsp3) is 0.167. The van der Waals surface area contributed by atoms with Crippen LogP contribution in [0.1, 0.15) is 20.7 Å². The fourth-order valence-electron chi connectivity index (χ4n) is 3.45. The quantitative estimate of drug-likeness (QED) is 0.582. The number of nitrogens with one attached hydrogen (secondary N) is 2. The lowest BCUT2D eigenvalue weighted by molar-refractivity contribution is 0.0303. The van der Waals surface area contributed by atoms with Crippen LogP contribution in [0, 0.1) is 0 Å². The lowest BCUT2D eigenvalue weighted by Gasteiger charge is -2.27. The van der Waals surface area contributed by atoms with Crippen LogP contribution < -0.4 is 10.0 Å².